The van der Waals surface area contributed by atoms with Crippen LogP contribution in [0.15, 0.2) is 72.8 Å². The zero-order valence-corrected chi connectivity index (χ0v) is 24.1. The third-order valence-corrected chi connectivity index (χ3v) is 8.68. The Morgan fingerprint density at radius 3 is 2.42 bits per heavy atom. The van der Waals surface area contributed by atoms with Crippen LogP contribution in [-0.2, 0) is 9.53 Å². The summed E-state index contributed by atoms with van der Waals surface area (Å²) in [5.74, 6) is 0.511. The molecule has 1 atom stereocenters. The maximum Gasteiger partial charge on any atom is 0.355 e. The van der Waals surface area contributed by atoms with Gasteiger partial charge in [-0.3, -0.25) is 4.79 Å². The molecule has 1 amide bonds. The van der Waals surface area contributed by atoms with Crippen LogP contribution in [-0.4, -0.2) is 67.4 Å². The van der Waals surface area contributed by atoms with E-state index in [1.54, 1.807) is 14.0 Å². The molecule has 0 bridgehead atoms. The number of hydrogen-bond acceptors (Lipinski definition) is 6. The number of fused-ring (bicyclic) bond motifs is 1. The Hall–Kier alpha value is -3.62. The first-order valence-electron chi connectivity index (χ1n) is 13.3. The van der Waals surface area contributed by atoms with Crippen LogP contribution in [0.4, 0.5) is 5.69 Å². The van der Waals surface area contributed by atoms with Crippen molar-refractivity contribution in [1.29, 1.82) is 0 Å². The molecule has 7 nitrogen and oxygen atoms in total. The summed E-state index contributed by atoms with van der Waals surface area (Å²) >= 11 is 8.18. The molecule has 0 saturated carbocycles. The molecule has 1 saturated heterocycles. The number of rotatable bonds is 9. The smallest absolute Gasteiger partial charge is 0.355 e. The minimum absolute atomic E-state index is 0.0601. The first-order valence-corrected chi connectivity index (χ1v) is 14.7. The van der Waals surface area contributed by atoms with E-state index in [1.807, 2.05) is 65.6 Å². The lowest BCUT2D eigenvalue weighted by atomic mass is 10.0. The standard InChI is InChI=1S/C31H32ClN3O4S/c1-3-39-31(37)29-28(24-19-22(38-2)13-14-26(24)33-29)30(23-11-7-8-12-25(23)32)40-20-27(36)35-17-15-34(16-18-35)21-9-5-4-6-10-21/h4-14,19,30,33H,3,15-18,20H2,1-2H3. The molecule has 0 aliphatic carbocycles. The maximum atomic E-state index is 13.5. The van der Waals surface area contributed by atoms with Gasteiger partial charge in [0.1, 0.15) is 11.4 Å². The molecule has 4 aromatic rings. The van der Waals surface area contributed by atoms with E-state index in [9.17, 15) is 9.59 Å². The molecule has 1 aliphatic heterocycles. The van der Waals surface area contributed by atoms with E-state index in [0.29, 0.717) is 29.6 Å². The molecule has 1 N–H and O–H groups in total. The fourth-order valence-corrected chi connectivity index (χ4v) is 6.67. The quantitative estimate of drug-likeness (QED) is 0.240. The summed E-state index contributed by atoms with van der Waals surface area (Å²) in [7, 11) is 1.61. The predicted molar refractivity (Wildman–Crippen MR) is 162 cm³/mol. The lowest BCUT2D eigenvalue weighted by Gasteiger charge is -2.36. The molecule has 0 radical (unpaired) electrons. The zero-order chi connectivity index (χ0) is 28.1. The lowest BCUT2D eigenvalue weighted by molar-refractivity contribution is -0.128. The number of methoxy groups -OCH3 is 1. The molecular formula is C31H32ClN3O4S. The van der Waals surface area contributed by atoms with E-state index in [0.717, 1.165) is 35.1 Å². The Balaban J connectivity index is 1.44. The third-order valence-electron chi connectivity index (χ3n) is 7.10. The van der Waals surface area contributed by atoms with Gasteiger partial charge in [-0.2, -0.15) is 0 Å². The lowest BCUT2D eigenvalue weighted by Crippen LogP contribution is -2.49. The van der Waals surface area contributed by atoms with Crippen LogP contribution in [0.5, 0.6) is 5.75 Å². The molecule has 1 fully saturated rings. The van der Waals surface area contributed by atoms with Crippen LogP contribution >= 0.6 is 23.4 Å². The summed E-state index contributed by atoms with van der Waals surface area (Å²) < 4.78 is 10.9. The average molecular weight is 578 g/mol. The molecule has 5 rings (SSSR count). The monoisotopic (exact) mass is 577 g/mol. The van der Waals surface area contributed by atoms with E-state index in [-0.39, 0.29) is 18.3 Å². The summed E-state index contributed by atoms with van der Waals surface area (Å²) in [4.78, 5) is 34.1. The number of nitrogens with one attached hydrogen (secondary N) is 1. The summed E-state index contributed by atoms with van der Waals surface area (Å²) in [5.41, 5.74) is 3.85. The summed E-state index contributed by atoms with van der Waals surface area (Å²) in [6, 6.07) is 23.4. The Morgan fingerprint density at radius 2 is 1.73 bits per heavy atom. The zero-order valence-electron chi connectivity index (χ0n) is 22.6. The predicted octanol–water partition coefficient (Wildman–Crippen LogP) is 6.18. The Bertz CT molecular complexity index is 1480. The average Bonchev–Trinajstić information content (AvgIpc) is 3.37. The Kier molecular flexibility index (Phi) is 8.87. The molecule has 1 aliphatic rings. The number of para-hydroxylation sites is 1. The topological polar surface area (TPSA) is 74.9 Å². The van der Waals surface area contributed by atoms with Crippen molar-refractivity contribution >= 4 is 51.8 Å². The van der Waals surface area contributed by atoms with Crippen LogP contribution < -0.4 is 9.64 Å². The highest BCUT2D eigenvalue weighted by Crippen LogP contribution is 2.44. The van der Waals surface area contributed by atoms with Gasteiger partial charge in [0.05, 0.1) is 24.7 Å². The number of amides is 1. The number of esters is 1. The molecular weight excluding hydrogens is 546 g/mol. The largest absolute Gasteiger partial charge is 0.497 e. The van der Waals surface area contributed by atoms with Crippen molar-refractivity contribution < 1.29 is 19.1 Å². The van der Waals surface area contributed by atoms with Crippen LogP contribution in [0.2, 0.25) is 5.02 Å². The Labute approximate surface area is 243 Å². The number of hydrogen-bond donors (Lipinski definition) is 1. The van der Waals surface area contributed by atoms with Crippen molar-refractivity contribution in [2.45, 2.75) is 12.2 Å². The summed E-state index contributed by atoms with van der Waals surface area (Å²) in [6.45, 7) is 4.90. The van der Waals surface area contributed by atoms with Gasteiger partial charge in [-0.15, -0.1) is 11.8 Å². The number of carbonyl (C=O) groups is 2. The normalized spacial score (nSPS) is 14.3. The first-order chi connectivity index (χ1) is 19.5. The van der Waals surface area contributed by atoms with E-state index in [2.05, 4.69) is 22.0 Å². The molecule has 1 unspecified atom stereocenters. The Morgan fingerprint density at radius 1 is 1.00 bits per heavy atom. The van der Waals surface area contributed by atoms with Gasteiger partial charge < -0.3 is 24.3 Å². The van der Waals surface area contributed by atoms with Gasteiger partial charge in [-0.05, 0) is 48.9 Å². The number of H-pyrrole nitrogens is 1. The molecule has 0 spiro atoms. The molecule has 208 valence electrons. The fourth-order valence-electron chi connectivity index (χ4n) is 5.07. The van der Waals surface area contributed by atoms with Crippen molar-refractivity contribution in [3.63, 3.8) is 0 Å². The molecule has 2 heterocycles. The summed E-state index contributed by atoms with van der Waals surface area (Å²) in [5, 5.41) is 0.989. The maximum absolute atomic E-state index is 13.5. The van der Waals surface area contributed by atoms with E-state index in [4.69, 9.17) is 21.1 Å². The van der Waals surface area contributed by atoms with Crippen molar-refractivity contribution in [3.05, 3.63) is 94.6 Å². The number of anilines is 1. The molecule has 1 aromatic heterocycles. The van der Waals surface area contributed by atoms with Crippen LogP contribution in [0.1, 0.15) is 33.8 Å². The molecule has 3 aromatic carbocycles. The fraction of sp³-hybridized carbons (Fsp3) is 0.290. The van der Waals surface area contributed by atoms with Gasteiger partial charge in [-0.1, -0.05) is 48.0 Å². The number of aromatic amines is 1. The molecule has 9 heteroatoms. The van der Waals surface area contributed by atoms with Crippen molar-refractivity contribution in [2.24, 2.45) is 0 Å². The number of ether oxygens (including phenoxy) is 2. The first kappa shape index (κ1) is 27.9. The minimum atomic E-state index is -0.450. The van der Waals surface area contributed by atoms with Crippen LogP contribution in [0, 0.1) is 0 Å². The van der Waals surface area contributed by atoms with E-state index >= 15 is 0 Å². The van der Waals surface area contributed by atoms with E-state index in [1.165, 1.54) is 17.4 Å². The number of nitrogens with zero attached hydrogens (tertiary/aromatic N) is 2. The highest BCUT2D eigenvalue weighted by Gasteiger charge is 2.30. The second-order valence-electron chi connectivity index (χ2n) is 9.46. The highest BCUT2D eigenvalue weighted by molar-refractivity contribution is 8.00. The number of halogens is 1. The van der Waals surface area contributed by atoms with Gasteiger partial charge in [0.15, 0.2) is 0 Å². The van der Waals surface area contributed by atoms with Crippen molar-refractivity contribution in [3.8, 4) is 5.75 Å². The number of thioether (sulfide) groups is 1. The van der Waals surface area contributed by atoms with Crippen molar-refractivity contribution in [1.82, 2.24) is 9.88 Å². The van der Waals surface area contributed by atoms with Crippen molar-refractivity contribution in [2.75, 3.05) is 50.5 Å². The number of carbonyl (C=O) groups excluding carboxylic acids is 2. The summed E-state index contributed by atoms with van der Waals surface area (Å²) in [6.07, 6.45) is 0. The second kappa shape index (κ2) is 12.7. The second-order valence-corrected chi connectivity index (χ2v) is 11.0. The number of piperazine rings is 1. The third kappa shape index (κ3) is 5.93. The van der Waals surface area contributed by atoms with Gasteiger partial charge in [0.2, 0.25) is 5.91 Å². The molecule has 40 heavy (non-hydrogen) atoms. The van der Waals surface area contributed by atoms with Gasteiger partial charge in [0.25, 0.3) is 0 Å². The highest BCUT2D eigenvalue weighted by atomic mass is 35.5. The van der Waals surface area contributed by atoms with E-state index < -0.39 is 11.2 Å². The van der Waals surface area contributed by atoms with Crippen LogP contribution in [0.25, 0.3) is 10.9 Å². The van der Waals surface area contributed by atoms with Gasteiger partial charge >= 0.3 is 5.97 Å². The number of benzene rings is 3. The minimum Gasteiger partial charge on any atom is -0.497 e. The van der Waals surface area contributed by atoms with Crippen LogP contribution in [0.3, 0.4) is 0 Å². The SMILES string of the molecule is CCOC(=O)c1[nH]c2ccc(OC)cc2c1C(SCC(=O)N1CCN(c2ccccc2)CC1)c1ccccc1Cl. The van der Waals surface area contributed by atoms with Gasteiger partial charge in [0, 0.05) is 53.4 Å². The van der Waals surface area contributed by atoms with Gasteiger partial charge in [-0.25, -0.2) is 4.79 Å². The number of aromatic nitrogens is 1.